The Bertz CT molecular complexity index is 66.8. The lowest BCUT2D eigenvalue weighted by Crippen LogP contribution is -2.01. The minimum Gasteiger partial charge on any atom is -0.260 e. The summed E-state index contributed by atoms with van der Waals surface area (Å²) in [5.74, 6) is 1.65. The standard InChI is InChI=1S/C5H11BrOS/c1-2-4-8(7)5-3-6/h2-5H2,1H3. The van der Waals surface area contributed by atoms with E-state index in [2.05, 4.69) is 15.9 Å². The predicted molar refractivity (Wildman–Crippen MR) is 42.0 cm³/mol. The third kappa shape index (κ3) is 4.78. The van der Waals surface area contributed by atoms with Gasteiger partial charge in [-0.15, -0.1) is 0 Å². The molecule has 0 fully saturated rings. The third-order valence-corrected chi connectivity index (χ3v) is 3.18. The van der Waals surface area contributed by atoms with E-state index in [1.54, 1.807) is 0 Å². The van der Waals surface area contributed by atoms with Crippen LogP contribution < -0.4 is 0 Å². The Labute approximate surface area is 61.4 Å². The van der Waals surface area contributed by atoms with Crippen LogP contribution in [0.4, 0.5) is 0 Å². The van der Waals surface area contributed by atoms with Crippen LogP contribution in [0, 0.1) is 0 Å². The molecule has 0 saturated carbocycles. The first-order valence-corrected chi connectivity index (χ1v) is 5.33. The van der Waals surface area contributed by atoms with E-state index in [0.29, 0.717) is 0 Å². The molecule has 0 bridgehead atoms. The summed E-state index contributed by atoms with van der Waals surface area (Å²) >= 11 is 3.23. The van der Waals surface area contributed by atoms with Crippen molar-refractivity contribution in [2.45, 2.75) is 13.3 Å². The summed E-state index contributed by atoms with van der Waals surface area (Å²) in [6.07, 6.45) is 1.03. The van der Waals surface area contributed by atoms with Crippen molar-refractivity contribution in [3.05, 3.63) is 0 Å². The lowest BCUT2D eigenvalue weighted by atomic mass is 10.6. The fourth-order valence-electron chi connectivity index (χ4n) is 0.416. The molecule has 1 unspecified atom stereocenters. The molecule has 0 spiro atoms. The highest BCUT2D eigenvalue weighted by Gasteiger charge is 1.93. The Hall–Kier alpha value is 0.630. The molecule has 0 aromatic carbocycles. The maximum atomic E-state index is 10.7. The quantitative estimate of drug-likeness (QED) is 0.627. The molecule has 0 aliphatic carbocycles. The van der Waals surface area contributed by atoms with Crippen LogP contribution >= 0.6 is 15.9 Å². The molecule has 0 heterocycles. The summed E-state index contributed by atoms with van der Waals surface area (Å²) in [5, 5.41) is 0.861. The first kappa shape index (κ1) is 8.63. The molecule has 0 N–H and O–H groups in total. The van der Waals surface area contributed by atoms with Crippen LogP contribution in [0.15, 0.2) is 0 Å². The summed E-state index contributed by atoms with van der Waals surface area (Å²) in [7, 11) is -0.567. The van der Waals surface area contributed by atoms with Crippen molar-refractivity contribution in [2.75, 3.05) is 16.8 Å². The van der Waals surface area contributed by atoms with Gasteiger partial charge in [0.1, 0.15) is 0 Å². The zero-order valence-electron chi connectivity index (χ0n) is 5.02. The van der Waals surface area contributed by atoms with Crippen LogP contribution in [0.25, 0.3) is 0 Å². The largest absolute Gasteiger partial charge is 0.260 e. The van der Waals surface area contributed by atoms with Crippen LogP contribution in [0.5, 0.6) is 0 Å². The van der Waals surface area contributed by atoms with E-state index in [0.717, 1.165) is 23.3 Å². The molecule has 1 atom stereocenters. The molecule has 0 amide bonds. The van der Waals surface area contributed by atoms with Crippen molar-refractivity contribution in [3.63, 3.8) is 0 Å². The lowest BCUT2D eigenvalue weighted by molar-refractivity contribution is 0.683. The van der Waals surface area contributed by atoms with Crippen molar-refractivity contribution in [2.24, 2.45) is 0 Å². The van der Waals surface area contributed by atoms with Gasteiger partial charge in [-0.2, -0.15) is 0 Å². The summed E-state index contributed by atoms with van der Waals surface area (Å²) in [4.78, 5) is 0. The van der Waals surface area contributed by atoms with Gasteiger partial charge in [-0.1, -0.05) is 22.9 Å². The van der Waals surface area contributed by atoms with E-state index >= 15 is 0 Å². The van der Waals surface area contributed by atoms with Crippen LogP contribution in [0.3, 0.4) is 0 Å². The lowest BCUT2D eigenvalue weighted by Gasteiger charge is -1.92. The number of hydrogen-bond donors (Lipinski definition) is 0. The molecular formula is C5H11BrOS. The van der Waals surface area contributed by atoms with E-state index in [1.165, 1.54) is 0 Å². The van der Waals surface area contributed by atoms with Gasteiger partial charge in [-0.3, -0.25) is 4.21 Å². The third-order valence-electron chi connectivity index (χ3n) is 0.737. The minimum absolute atomic E-state index is 0.567. The van der Waals surface area contributed by atoms with Crippen molar-refractivity contribution in [3.8, 4) is 0 Å². The average Bonchev–Trinajstić information content (AvgIpc) is 1.68. The van der Waals surface area contributed by atoms with E-state index < -0.39 is 10.8 Å². The highest BCUT2D eigenvalue weighted by molar-refractivity contribution is 9.09. The fraction of sp³-hybridized carbons (Fsp3) is 1.00. The number of hydrogen-bond acceptors (Lipinski definition) is 1. The maximum Gasteiger partial charge on any atom is 0.0332 e. The summed E-state index contributed by atoms with van der Waals surface area (Å²) in [6, 6.07) is 0. The Morgan fingerprint density at radius 3 is 2.50 bits per heavy atom. The van der Waals surface area contributed by atoms with E-state index in [1.807, 2.05) is 6.92 Å². The molecule has 0 aromatic rings. The molecule has 0 aromatic heterocycles. The molecule has 8 heavy (non-hydrogen) atoms. The smallest absolute Gasteiger partial charge is 0.0332 e. The average molecular weight is 199 g/mol. The highest BCUT2D eigenvalue weighted by atomic mass is 79.9. The number of rotatable bonds is 4. The Kier molecular flexibility index (Phi) is 6.21. The van der Waals surface area contributed by atoms with Crippen molar-refractivity contribution >= 4 is 26.7 Å². The second-order valence-electron chi connectivity index (χ2n) is 1.54. The zero-order valence-corrected chi connectivity index (χ0v) is 7.43. The minimum atomic E-state index is -0.567. The Morgan fingerprint density at radius 2 is 2.12 bits per heavy atom. The van der Waals surface area contributed by atoms with Gasteiger partial charge in [0.05, 0.1) is 0 Å². The van der Waals surface area contributed by atoms with Crippen LogP contribution in [-0.2, 0) is 10.8 Å². The van der Waals surface area contributed by atoms with Crippen molar-refractivity contribution in [1.29, 1.82) is 0 Å². The van der Waals surface area contributed by atoms with Crippen LogP contribution in [0.1, 0.15) is 13.3 Å². The highest BCUT2D eigenvalue weighted by Crippen LogP contribution is 1.89. The molecule has 3 heteroatoms. The van der Waals surface area contributed by atoms with Gasteiger partial charge in [-0.05, 0) is 6.42 Å². The Morgan fingerprint density at radius 1 is 1.50 bits per heavy atom. The summed E-state index contributed by atoms with van der Waals surface area (Å²) in [5.41, 5.74) is 0. The normalized spacial score (nSPS) is 13.8. The summed E-state index contributed by atoms with van der Waals surface area (Å²) in [6.45, 7) is 2.05. The molecule has 0 rings (SSSR count). The van der Waals surface area contributed by atoms with Crippen LogP contribution in [0.2, 0.25) is 0 Å². The van der Waals surface area contributed by atoms with Gasteiger partial charge in [0.25, 0.3) is 0 Å². The second-order valence-corrected chi connectivity index (χ2v) is 4.03. The zero-order chi connectivity index (χ0) is 6.41. The van der Waals surface area contributed by atoms with Gasteiger partial charge in [0.2, 0.25) is 0 Å². The van der Waals surface area contributed by atoms with Gasteiger partial charge in [0.15, 0.2) is 0 Å². The topological polar surface area (TPSA) is 17.1 Å². The molecular weight excluding hydrogens is 188 g/mol. The SMILES string of the molecule is CCCS(=O)CCBr. The second kappa shape index (κ2) is 5.76. The molecule has 1 nitrogen and oxygen atoms in total. The van der Waals surface area contributed by atoms with Crippen molar-refractivity contribution < 1.29 is 4.21 Å². The molecule has 0 radical (unpaired) electrons. The van der Waals surface area contributed by atoms with Crippen molar-refractivity contribution in [1.82, 2.24) is 0 Å². The molecule has 50 valence electrons. The fourth-order valence-corrected chi connectivity index (χ4v) is 2.33. The van der Waals surface area contributed by atoms with Crippen LogP contribution in [-0.4, -0.2) is 21.0 Å². The van der Waals surface area contributed by atoms with E-state index in [-0.39, 0.29) is 0 Å². The molecule has 0 aliphatic rings. The van der Waals surface area contributed by atoms with E-state index in [9.17, 15) is 4.21 Å². The maximum absolute atomic E-state index is 10.7. The van der Waals surface area contributed by atoms with E-state index in [4.69, 9.17) is 0 Å². The number of alkyl halides is 1. The molecule has 0 saturated heterocycles. The first-order chi connectivity index (χ1) is 3.81. The first-order valence-electron chi connectivity index (χ1n) is 2.72. The van der Waals surface area contributed by atoms with Gasteiger partial charge >= 0.3 is 0 Å². The van der Waals surface area contributed by atoms with Gasteiger partial charge in [0, 0.05) is 27.6 Å². The number of halogens is 1. The monoisotopic (exact) mass is 198 g/mol. The van der Waals surface area contributed by atoms with Gasteiger partial charge in [-0.25, -0.2) is 0 Å². The Balaban J connectivity index is 3.06. The predicted octanol–water partition coefficient (Wildman–Crippen LogP) is 1.54. The van der Waals surface area contributed by atoms with Gasteiger partial charge < -0.3 is 0 Å². The summed E-state index contributed by atoms with van der Waals surface area (Å²) < 4.78 is 10.7. The molecule has 0 aliphatic heterocycles.